The first-order valence-corrected chi connectivity index (χ1v) is 7.26. The highest BCUT2D eigenvalue weighted by molar-refractivity contribution is 5.43. The zero-order valence-electron chi connectivity index (χ0n) is 12.0. The molecule has 2 N–H and O–H groups in total. The molecule has 19 heavy (non-hydrogen) atoms. The summed E-state index contributed by atoms with van der Waals surface area (Å²) in [5, 5.41) is 0. The van der Waals surface area contributed by atoms with E-state index in [4.69, 9.17) is 15.2 Å². The lowest BCUT2D eigenvalue weighted by atomic mass is 9.89. The van der Waals surface area contributed by atoms with Crippen LogP contribution in [-0.4, -0.2) is 19.8 Å². The maximum atomic E-state index is 6.12. The predicted octanol–water partition coefficient (Wildman–Crippen LogP) is 3.15. The zero-order valence-corrected chi connectivity index (χ0v) is 12.0. The average molecular weight is 263 g/mol. The molecule has 1 fully saturated rings. The molecule has 0 heterocycles. The summed E-state index contributed by atoms with van der Waals surface area (Å²) in [4.78, 5) is 0. The van der Waals surface area contributed by atoms with E-state index in [0.717, 1.165) is 36.7 Å². The molecule has 3 heteroatoms. The summed E-state index contributed by atoms with van der Waals surface area (Å²) in [6.45, 7) is 2.96. The topological polar surface area (TPSA) is 44.5 Å². The highest BCUT2D eigenvalue weighted by Gasteiger charge is 2.21. The Bertz CT molecular complexity index is 406. The normalized spacial score (nSPS) is 23.1. The second-order valence-corrected chi connectivity index (χ2v) is 5.54. The lowest BCUT2D eigenvalue weighted by molar-refractivity contribution is 0.125. The number of benzene rings is 1. The van der Waals surface area contributed by atoms with Crippen molar-refractivity contribution in [1.82, 2.24) is 0 Å². The molecule has 0 aromatic heterocycles. The van der Waals surface area contributed by atoms with Crippen molar-refractivity contribution < 1.29 is 9.47 Å². The van der Waals surface area contributed by atoms with Crippen LogP contribution in [0.15, 0.2) is 18.2 Å². The Balaban J connectivity index is 2.06. The Hall–Kier alpha value is -1.22. The first kappa shape index (κ1) is 14.2. The average Bonchev–Trinajstić information content (AvgIpc) is 2.41. The summed E-state index contributed by atoms with van der Waals surface area (Å²) >= 11 is 0. The van der Waals surface area contributed by atoms with E-state index >= 15 is 0 Å². The smallest absolute Gasteiger partial charge is 0.161 e. The van der Waals surface area contributed by atoms with Crippen molar-refractivity contribution >= 4 is 0 Å². The molecule has 0 amide bonds. The third kappa shape index (κ3) is 3.87. The maximum absolute atomic E-state index is 6.12. The van der Waals surface area contributed by atoms with Gasteiger partial charge in [0, 0.05) is 0 Å². The van der Waals surface area contributed by atoms with E-state index in [-0.39, 0.29) is 0 Å². The van der Waals surface area contributed by atoms with Gasteiger partial charge in [0.25, 0.3) is 0 Å². The summed E-state index contributed by atoms with van der Waals surface area (Å²) in [6, 6.07) is 6.13. The van der Waals surface area contributed by atoms with Crippen LogP contribution in [-0.2, 0) is 6.42 Å². The van der Waals surface area contributed by atoms with Crippen molar-refractivity contribution in [1.29, 1.82) is 0 Å². The number of methoxy groups -OCH3 is 1. The molecular weight excluding hydrogens is 238 g/mol. The van der Waals surface area contributed by atoms with Crippen molar-refractivity contribution in [3.8, 4) is 11.5 Å². The number of hydrogen-bond donors (Lipinski definition) is 1. The van der Waals surface area contributed by atoms with E-state index in [2.05, 4.69) is 13.0 Å². The van der Waals surface area contributed by atoms with Crippen LogP contribution >= 0.6 is 0 Å². The second-order valence-electron chi connectivity index (χ2n) is 5.54. The van der Waals surface area contributed by atoms with E-state index in [1.165, 1.54) is 18.4 Å². The Labute approximate surface area is 116 Å². The van der Waals surface area contributed by atoms with Crippen LogP contribution in [0.4, 0.5) is 0 Å². The molecule has 2 rings (SSSR count). The quantitative estimate of drug-likeness (QED) is 0.887. The van der Waals surface area contributed by atoms with Crippen LogP contribution in [0.2, 0.25) is 0 Å². The van der Waals surface area contributed by atoms with Crippen LogP contribution in [0.5, 0.6) is 11.5 Å². The molecule has 1 aliphatic carbocycles. The zero-order chi connectivity index (χ0) is 13.7. The Morgan fingerprint density at radius 1 is 1.26 bits per heavy atom. The first-order valence-electron chi connectivity index (χ1n) is 7.26. The van der Waals surface area contributed by atoms with Gasteiger partial charge in [-0.1, -0.05) is 19.4 Å². The van der Waals surface area contributed by atoms with Crippen molar-refractivity contribution in [2.24, 2.45) is 11.7 Å². The summed E-state index contributed by atoms with van der Waals surface area (Å²) in [5.74, 6) is 2.45. The predicted molar refractivity (Wildman–Crippen MR) is 77.8 cm³/mol. The molecule has 2 unspecified atom stereocenters. The van der Waals surface area contributed by atoms with Gasteiger partial charge in [0.1, 0.15) is 0 Å². The van der Waals surface area contributed by atoms with Crippen LogP contribution in [0, 0.1) is 5.92 Å². The molecule has 1 aromatic carbocycles. The van der Waals surface area contributed by atoms with Crippen LogP contribution in [0.25, 0.3) is 0 Å². The van der Waals surface area contributed by atoms with E-state index < -0.39 is 0 Å². The minimum Gasteiger partial charge on any atom is -0.493 e. The van der Waals surface area contributed by atoms with Gasteiger partial charge in [-0.2, -0.15) is 0 Å². The largest absolute Gasteiger partial charge is 0.493 e. The molecule has 0 aliphatic heterocycles. The molecule has 0 radical (unpaired) electrons. The fraction of sp³-hybridized carbons (Fsp3) is 0.625. The monoisotopic (exact) mass is 263 g/mol. The van der Waals surface area contributed by atoms with E-state index in [1.807, 2.05) is 12.1 Å². The first-order chi connectivity index (χ1) is 9.22. The van der Waals surface area contributed by atoms with Crippen molar-refractivity contribution in [2.75, 3.05) is 13.7 Å². The molecule has 2 atom stereocenters. The summed E-state index contributed by atoms with van der Waals surface area (Å²) in [6.07, 6.45) is 6.09. The Morgan fingerprint density at radius 3 is 2.79 bits per heavy atom. The van der Waals surface area contributed by atoms with Crippen LogP contribution in [0.1, 0.15) is 38.2 Å². The van der Waals surface area contributed by atoms with Gasteiger partial charge in [0.2, 0.25) is 0 Å². The highest BCUT2D eigenvalue weighted by Crippen LogP contribution is 2.33. The maximum Gasteiger partial charge on any atom is 0.161 e. The standard InChI is InChI=1S/C16H25NO2/c1-12-4-3-5-14(10-12)19-15-7-6-13(8-9-17)11-16(15)18-2/h6-7,11-12,14H,3-5,8-10,17H2,1-2H3. The molecule has 0 spiro atoms. The van der Waals surface area contributed by atoms with Gasteiger partial charge in [-0.15, -0.1) is 0 Å². The SMILES string of the molecule is COc1cc(CCN)ccc1OC1CCCC(C)C1. The van der Waals surface area contributed by atoms with Crippen molar-refractivity contribution in [3.63, 3.8) is 0 Å². The highest BCUT2D eigenvalue weighted by atomic mass is 16.5. The van der Waals surface area contributed by atoms with Gasteiger partial charge in [0.15, 0.2) is 11.5 Å². The van der Waals surface area contributed by atoms with E-state index in [0.29, 0.717) is 12.6 Å². The minimum absolute atomic E-state index is 0.331. The Morgan fingerprint density at radius 2 is 2.11 bits per heavy atom. The van der Waals surface area contributed by atoms with Gasteiger partial charge < -0.3 is 15.2 Å². The van der Waals surface area contributed by atoms with Gasteiger partial charge >= 0.3 is 0 Å². The third-order valence-electron chi connectivity index (χ3n) is 3.84. The van der Waals surface area contributed by atoms with E-state index in [1.54, 1.807) is 7.11 Å². The van der Waals surface area contributed by atoms with Crippen LogP contribution < -0.4 is 15.2 Å². The molecule has 1 aliphatic rings. The third-order valence-corrected chi connectivity index (χ3v) is 3.84. The molecule has 106 valence electrons. The van der Waals surface area contributed by atoms with Gasteiger partial charge in [-0.3, -0.25) is 0 Å². The summed E-state index contributed by atoms with van der Waals surface area (Å²) in [5.41, 5.74) is 6.78. The van der Waals surface area contributed by atoms with Gasteiger partial charge in [-0.05, 0) is 55.8 Å². The van der Waals surface area contributed by atoms with Gasteiger partial charge in [-0.25, -0.2) is 0 Å². The number of nitrogens with two attached hydrogens (primary N) is 1. The molecular formula is C16H25NO2. The fourth-order valence-electron chi connectivity index (χ4n) is 2.80. The molecule has 1 aromatic rings. The minimum atomic E-state index is 0.331. The number of hydrogen-bond acceptors (Lipinski definition) is 3. The second kappa shape index (κ2) is 6.80. The van der Waals surface area contributed by atoms with Crippen molar-refractivity contribution in [2.45, 2.75) is 45.1 Å². The molecule has 1 saturated carbocycles. The summed E-state index contributed by atoms with van der Waals surface area (Å²) < 4.78 is 11.6. The number of rotatable bonds is 5. The molecule has 0 bridgehead atoms. The number of ether oxygens (including phenoxy) is 2. The fourth-order valence-corrected chi connectivity index (χ4v) is 2.80. The van der Waals surface area contributed by atoms with Crippen molar-refractivity contribution in [3.05, 3.63) is 23.8 Å². The lowest BCUT2D eigenvalue weighted by Crippen LogP contribution is -2.24. The molecule has 0 saturated heterocycles. The summed E-state index contributed by atoms with van der Waals surface area (Å²) in [7, 11) is 1.69. The Kier molecular flexibility index (Phi) is 5.08. The van der Waals surface area contributed by atoms with Gasteiger partial charge in [0.05, 0.1) is 13.2 Å². The van der Waals surface area contributed by atoms with E-state index in [9.17, 15) is 0 Å². The lowest BCUT2D eigenvalue weighted by Gasteiger charge is -2.28. The van der Waals surface area contributed by atoms with Crippen LogP contribution in [0.3, 0.4) is 0 Å². The molecule has 3 nitrogen and oxygen atoms in total.